The first-order valence-corrected chi connectivity index (χ1v) is 9.22. The molecule has 2 aromatic rings. The van der Waals surface area contributed by atoms with Gasteiger partial charge in [-0.05, 0) is 12.1 Å². The molecular formula is C19H26N4O4. The van der Waals surface area contributed by atoms with Gasteiger partial charge in [0.25, 0.3) is 0 Å². The molecule has 146 valence electrons. The van der Waals surface area contributed by atoms with E-state index in [0.29, 0.717) is 6.54 Å². The number of anilines is 1. The molecule has 1 unspecified atom stereocenters. The van der Waals surface area contributed by atoms with E-state index >= 15 is 0 Å². The van der Waals surface area contributed by atoms with Crippen LogP contribution in [0.2, 0.25) is 0 Å². The van der Waals surface area contributed by atoms with E-state index in [2.05, 4.69) is 14.8 Å². The van der Waals surface area contributed by atoms with Gasteiger partial charge in [-0.25, -0.2) is 4.98 Å². The largest absolute Gasteiger partial charge is 0.494 e. The Morgan fingerprint density at radius 2 is 1.81 bits per heavy atom. The van der Waals surface area contributed by atoms with Crippen molar-refractivity contribution in [1.82, 2.24) is 14.5 Å². The molecule has 1 aliphatic heterocycles. The minimum atomic E-state index is -0.456. The molecule has 0 aliphatic carbocycles. The smallest absolute Gasteiger partial charge is 0.305 e. The third-order valence-corrected chi connectivity index (χ3v) is 4.71. The molecule has 0 aromatic carbocycles. The molecule has 8 nitrogen and oxygen atoms in total. The minimum Gasteiger partial charge on any atom is -0.494 e. The summed E-state index contributed by atoms with van der Waals surface area (Å²) in [5.74, 6) is 0.571. The molecule has 2 N–H and O–H groups in total. The van der Waals surface area contributed by atoms with E-state index in [0.717, 1.165) is 32.0 Å². The Balaban J connectivity index is 1.60. The van der Waals surface area contributed by atoms with Crippen LogP contribution in [0.3, 0.4) is 0 Å². The van der Waals surface area contributed by atoms with Crippen LogP contribution >= 0.6 is 0 Å². The van der Waals surface area contributed by atoms with Crippen molar-refractivity contribution < 1.29 is 19.7 Å². The normalized spacial score (nSPS) is 16.3. The van der Waals surface area contributed by atoms with Crippen molar-refractivity contribution in [3.8, 4) is 11.8 Å². The van der Waals surface area contributed by atoms with Crippen LogP contribution in [-0.2, 0) is 16.1 Å². The van der Waals surface area contributed by atoms with Gasteiger partial charge in [-0.3, -0.25) is 14.3 Å². The van der Waals surface area contributed by atoms with Crippen LogP contribution in [-0.4, -0.2) is 69.5 Å². The first kappa shape index (κ1) is 19.0. The van der Waals surface area contributed by atoms with Crippen molar-refractivity contribution >= 4 is 11.8 Å². The highest BCUT2D eigenvalue weighted by Crippen LogP contribution is 2.22. The maximum atomic E-state index is 11.8. The zero-order valence-electron chi connectivity index (χ0n) is 15.5. The van der Waals surface area contributed by atoms with Crippen LogP contribution < -0.4 is 4.90 Å². The predicted molar refractivity (Wildman–Crippen MR) is 101 cm³/mol. The van der Waals surface area contributed by atoms with E-state index in [9.17, 15) is 15.0 Å². The molecule has 8 heteroatoms. The molecule has 0 amide bonds. The summed E-state index contributed by atoms with van der Waals surface area (Å²) in [6.07, 6.45) is 1.62. The fourth-order valence-electron chi connectivity index (χ4n) is 3.23. The van der Waals surface area contributed by atoms with Crippen LogP contribution in [0.1, 0.15) is 13.3 Å². The maximum Gasteiger partial charge on any atom is 0.305 e. The number of hydrogen-bond acceptors (Lipinski definition) is 7. The summed E-state index contributed by atoms with van der Waals surface area (Å²) in [5, 5.41) is 19.7. The fourth-order valence-corrected chi connectivity index (χ4v) is 3.23. The van der Waals surface area contributed by atoms with Crippen LogP contribution in [0, 0.1) is 0 Å². The van der Waals surface area contributed by atoms with Crippen molar-refractivity contribution in [3.63, 3.8) is 0 Å². The average molecular weight is 374 g/mol. The van der Waals surface area contributed by atoms with Gasteiger partial charge in [0, 0.05) is 57.5 Å². The lowest BCUT2D eigenvalue weighted by Gasteiger charge is -2.36. The maximum absolute atomic E-state index is 11.8. The quantitative estimate of drug-likeness (QED) is 0.709. The summed E-state index contributed by atoms with van der Waals surface area (Å²) in [4.78, 5) is 20.7. The van der Waals surface area contributed by atoms with Gasteiger partial charge < -0.3 is 19.8 Å². The third-order valence-electron chi connectivity index (χ3n) is 4.71. The van der Waals surface area contributed by atoms with Crippen molar-refractivity contribution in [2.45, 2.75) is 26.0 Å². The molecule has 1 aliphatic rings. The van der Waals surface area contributed by atoms with E-state index in [-0.39, 0.29) is 30.7 Å². The standard InChI is InChI=1S/C19H26N4O4/c1-2-19(26)27-15(14-23-17(24)6-7-18(23)25)13-21-9-11-22(12-10-21)16-5-3-4-8-20-16/h3-8,15,24-25H,2,9-14H2,1H3. The second-order valence-corrected chi connectivity index (χ2v) is 6.60. The predicted octanol–water partition coefficient (Wildman–Crippen LogP) is 1.44. The topological polar surface area (TPSA) is 91.1 Å². The molecule has 0 bridgehead atoms. The van der Waals surface area contributed by atoms with Crippen LogP contribution in [0.25, 0.3) is 0 Å². The van der Waals surface area contributed by atoms with E-state index < -0.39 is 6.10 Å². The number of pyridine rings is 1. The molecule has 1 saturated heterocycles. The molecule has 3 rings (SSSR count). The molecule has 3 heterocycles. The molecular weight excluding hydrogens is 348 g/mol. The zero-order valence-corrected chi connectivity index (χ0v) is 15.5. The number of hydrogen-bond donors (Lipinski definition) is 2. The number of rotatable bonds is 7. The van der Waals surface area contributed by atoms with Gasteiger partial charge >= 0.3 is 5.97 Å². The number of esters is 1. The lowest BCUT2D eigenvalue weighted by Crippen LogP contribution is -2.49. The van der Waals surface area contributed by atoms with Crippen LogP contribution in [0.15, 0.2) is 36.5 Å². The summed E-state index contributed by atoms with van der Waals surface area (Å²) in [7, 11) is 0. The van der Waals surface area contributed by atoms with Gasteiger partial charge in [-0.2, -0.15) is 0 Å². The van der Waals surface area contributed by atoms with Crippen molar-refractivity contribution in [2.24, 2.45) is 0 Å². The first-order chi connectivity index (χ1) is 13.1. The summed E-state index contributed by atoms with van der Waals surface area (Å²) >= 11 is 0. The van der Waals surface area contributed by atoms with Crippen molar-refractivity contribution in [3.05, 3.63) is 36.5 Å². The molecule has 27 heavy (non-hydrogen) atoms. The number of piperazine rings is 1. The summed E-state index contributed by atoms with van der Waals surface area (Å²) in [6, 6.07) is 8.71. The first-order valence-electron chi connectivity index (χ1n) is 9.22. The number of carbonyl (C=O) groups excluding carboxylic acids is 1. The summed E-state index contributed by atoms with van der Waals surface area (Å²) < 4.78 is 6.89. The summed E-state index contributed by atoms with van der Waals surface area (Å²) in [5.41, 5.74) is 0. The number of aromatic nitrogens is 2. The van der Waals surface area contributed by atoms with Gasteiger partial charge in [0.05, 0.1) is 6.54 Å². The highest BCUT2D eigenvalue weighted by molar-refractivity contribution is 5.69. The Hall–Kier alpha value is -2.74. The second kappa shape index (κ2) is 8.77. The molecule has 0 saturated carbocycles. The highest BCUT2D eigenvalue weighted by Gasteiger charge is 2.24. The highest BCUT2D eigenvalue weighted by atomic mass is 16.5. The number of carbonyl (C=O) groups is 1. The van der Waals surface area contributed by atoms with Gasteiger partial charge in [-0.15, -0.1) is 0 Å². The Kier molecular flexibility index (Phi) is 6.18. The number of nitrogens with zero attached hydrogens (tertiary/aromatic N) is 4. The second-order valence-electron chi connectivity index (χ2n) is 6.60. The van der Waals surface area contributed by atoms with Gasteiger partial charge in [-0.1, -0.05) is 13.0 Å². The molecule has 0 radical (unpaired) electrons. The van der Waals surface area contributed by atoms with E-state index in [1.165, 1.54) is 16.7 Å². The molecule has 1 fully saturated rings. The number of ether oxygens (including phenoxy) is 1. The van der Waals surface area contributed by atoms with Gasteiger partial charge in [0.1, 0.15) is 11.9 Å². The monoisotopic (exact) mass is 374 g/mol. The lowest BCUT2D eigenvalue weighted by atomic mass is 10.2. The van der Waals surface area contributed by atoms with Crippen LogP contribution in [0.4, 0.5) is 5.82 Å². The van der Waals surface area contributed by atoms with Gasteiger partial charge in [0.2, 0.25) is 0 Å². The lowest BCUT2D eigenvalue weighted by molar-refractivity contribution is -0.150. The van der Waals surface area contributed by atoms with Gasteiger partial charge in [0.15, 0.2) is 11.8 Å². The van der Waals surface area contributed by atoms with E-state index in [4.69, 9.17) is 4.74 Å². The van der Waals surface area contributed by atoms with Crippen LogP contribution in [0.5, 0.6) is 11.8 Å². The van der Waals surface area contributed by atoms with Crippen molar-refractivity contribution in [1.29, 1.82) is 0 Å². The van der Waals surface area contributed by atoms with E-state index in [1.807, 2.05) is 18.2 Å². The minimum absolute atomic E-state index is 0.0509. The zero-order chi connectivity index (χ0) is 19.2. The summed E-state index contributed by atoms with van der Waals surface area (Å²) in [6.45, 7) is 5.81. The Morgan fingerprint density at radius 3 is 2.41 bits per heavy atom. The van der Waals surface area contributed by atoms with Crippen molar-refractivity contribution in [2.75, 3.05) is 37.6 Å². The fraction of sp³-hybridized carbons (Fsp3) is 0.474. The Morgan fingerprint density at radius 1 is 1.11 bits per heavy atom. The molecule has 2 aromatic heterocycles. The van der Waals surface area contributed by atoms with E-state index in [1.54, 1.807) is 13.1 Å². The number of aromatic hydroxyl groups is 2. The third kappa shape index (κ3) is 4.91. The SMILES string of the molecule is CCC(=O)OC(CN1CCN(c2ccccn2)CC1)Cn1c(O)ccc1O. The Bertz CT molecular complexity index is 722. The Labute approximate surface area is 158 Å². The molecule has 0 spiro atoms. The molecule has 1 atom stereocenters. The average Bonchev–Trinajstić information content (AvgIpc) is 3.01.